The van der Waals surface area contributed by atoms with E-state index in [2.05, 4.69) is 4.98 Å². The largest absolute Gasteiger partial charge is 0.256 e. The van der Waals surface area contributed by atoms with Crippen molar-refractivity contribution in [2.45, 2.75) is 11.3 Å². The molecule has 2 aromatic carbocycles. The van der Waals surface area contributed by atoms with E-state index in [-0.39, 0.29) is 4.90 Å². The van der Waals surface area contributed by atoms with Crippen LogP contribution in [0.25, 0.3) is 10.9 Å². The zero-order valence-electron chi connectivity index (χ0n) is 11.5. The van der Waals surface area contributed by atoms with E-state index < -0.39 is 10.0 Å². The predicted octanol–water partition coefficient (Wildman–Crippen LogP) is 3.13. The Kier molecular flexibility index (Phi) is 3.87. The molecule has 0 radical (unpaired) electrons. The van der Waals surface area contributed by atoms with Crippen molar-refractivity contribution in [1.82, 2.24) is 4.98 Å². The lowest BCUT2D eigenvalue weighted by Crippen LogP contribution is -2.15. The van der Waals surface area contributed by atoms with Gasteiger partial charge in [0.2, 0.25) is 10.0 Å². The summed E-state index contributed by atoms with van der Waals surface area (Å²) in [4.78, 5) is 4.32. The van der Waals surface area contributed by atoms with Crippen LogP contribution >= 0.6 is 11.6 Å². The van der Waals surface area contributed by atoms with E-state index in [1.165, 1.54) is 6.07 Å². The van der Waals surface area contributed by atoms with Gasteiger partial charge in [-0.1, -0.05) is 29.8 Å². The number of halogens is 1. The van der Waals surface area contributed by atoms with E-state index in [1.807, 2.05) is 30.3 Å². The summed E-state index contributed by atoms with van der Waals surface area (Å²) in [7, 11) is -3.82. The molecule has 112 valence electrons. The fourth-order valence-corrected chi connectivity index (χ4v) is 3.51. The third kappa shape index (κ3) is 2.97. The number of benzene rings is 2. The van der Waals surface area contributed by atoms with Crippen LogP contribution in [-0.2, 0) is 16.4 Å². The van der Waals surface area contributed by atoms with Gasteiger partial charge in [0.25, 0.3) is 0 Å². The van der Waals surface area contributed by atoms with E-state index in [1.54, 1.807) is 18.3 Å². The molecule has 0 saturated carbocycles. The molecule has 2 N–H and O–H groups in total. The van der Waals surface area contributed by atoms with Crippen molar-refractivity contribution < 1.29 is 8.42 Å². The van der Waals surface area contributed by atoms with Gasteiger partial charge in [-0.3, -0.25) is 4.98 Å². The Hall–Kier alpha value is -1.95. The highest BCUT2D eigenvalue weighted by atomic mass is 35.5. The number of aromatic nitrogens is 1. The molecule has 0 bridgehead atoms. The van der Waals surface area contributed by atoms with Gasteiger partial charge in [0.15, 0.2) is 0 Å². The molecule has 6 heteroatoms. The molecule has 0 aliphatic carbocycles. The Morgan fingerprint density at radius 3 is 2.68 bits per heavy atom. The molecule has 4 nitrogen and oxygen atoms in total. The second-order valence-corrected chi connectivity index (χ2v) is 6.91. The smallest absolute Gasteiger partial charge is 0.238 e. The second kappa shape index (κ2) is 5.68. The van der Waals surface area contributed by atoms with Crippen LogP contribution in [0.1, 0.15) is 11.1 Å². The normalized spacial score (nSPS) is 11.7. The number of hydrogen-bond donors (Lipinski definition) is 1. The van der Waals surface area contributed by atoms with E-state index in [0.29, 0.717) is 17.0 Å². The van der Waals surface area contributed by atoms with E-state index >= 15 is 0 Å². The van der Waals surface area contributed by atoms with Gasteiger partial charge in [-0.05, 0) is 41.5 Å². The molecule has 22 heavy (non-hydrogen) atoms. The van der Waals surface area contributed by atoms with Crippen LogP contribution in [0.2, 0.25) is 5.02 Å². The molecule has 1 heterocycles. The van der Waals surface area contributed by atoms with E-state index in [9.17, 15) is 8.42 Å². The monoisotopic (exact) mass is 332 g/mol. The topological polar surface area (TPSA) is 73.1 Å². The lowest BCUT2D eigenvalue weighted by atomic mass is 10.0. The maximum Gasteiger partial charge on any atom is 0.238 e. The molecule has 0 saturated heterocycles. The Bertz CT molecular complexity index is 955. The number of fused-ring (bicyclic) bond motifs is 1. The minimum absolute atomic E-state index is 0.0614. The molecule has 0 fully saturated rings. The zero-order valence-corrected chi connectivity index (χ0v) is 13.1. The molecular weight excluding hydrogens is 320 g/mol. The molecule has 0 aliphatic heterocycles. The first-order valence-corrected chi connectivity index (χ1v) is 8.51. The summed E-state index contributed by atoms with van der Waals surface area (Å²) in [6, 6.07) is 14.3. The van der Waals surface area contributed by atoms with Crippen LogP contribution in [0.15, 0.2) is 59.6 Å². The van der Waals surface area contributed by atoms with Gasteiger partial charge in [0.1, 0.15) is 0 Å². The number of sulfonamides is 1. The van der Waals surface area contributed by atoms with Crippen molar-refractivity contribution in [3.05, 3.63) is 70.9 Å². The van der Waals surface area contributed by atoms with Crippen molar-refractivity contribution in [3.63, 3.8) is 0 Å². The number of hydrogen-bond acceptors (Lipinski definition) is 3. The zero-order chi connectivity index (χ0) is 15.7. The first kappa shape index (κ1) is 15.0. The fourth-order valence-electron chi connectivity index (χ4n) is 2.42. The van der Waals surface area contributed by atoms with Gasteiger partial charge in [-0.15, -0.1) is 0 Å². The Morgan fingerprint density at radius 1 is 1.09 bits per heavy atom. The van der Waals surface area contributed by atoms with Crippen LogP contribution in [0.3, 0.4) is 0 Å². The first-order chi connectivity index (χ1) is 10.4. The maximum absolute atomic E-state index is 11.7. The number of rotatable bonds is 3. The third-order valence-electron chi connectivity index (χ3n) is 3.43. The van der Waals surface area contributed by atoms with Gasteiger partial charge in [-0.2, -0.15) is 0 Å². The number of primary sulfonamides is 1. The molecule has 0 atom stereocenters. The van der Waals surface area contributed by atoms with Crippen molar-refractivity contribution in [2.75, 3.05) is 0 Å². The lowest BCUT2D eigenvalue weighted by Gasteiger charge is -2.10. The molecule has 0 amide bonds. The molecule has 3 aromatic rings. The average Bonchev–Trinajstić information content (AvgIpc) is 2.48. The lowest BCUT2D eigenvalue weighted by molar-refractivity contribution is 0.597. The third-order valence-corrected chi connectivity index (χ3v) is 4.78. The number of nitrogens with zero attached hydrogens (tertiary/aromatic N) is 1. The highest BCUT2D eigenvalue weighted by Crippen LogP contribution is 2.27. The predicted molar refractivity (Wildman–Crippen MR) is 87.4 cm³/mol. The summed E-state index contributed by atoms with van der Waals surface area (Å²) in [5.41, 5.74) is 2.34. The average molecular weight is 333 g/mol. The van der Waals surface area contributed by atoms with Crippen molar-refractivity contribution in [2.24, 2.45) is 5.14 Å². The molecule has 0 aliphatic rings. The minimum atomic E-state index is -3.82. The molecular formula is C16H13ClN2O2S. The first-order valence-electron chi connectivity index (χ1n) is 6.59. The Morgan fingerprint density at radius 2 is 1.91 bits per heavy atom. The van der Waals surface area contributed by atoms with Gasteiger partial charge in [0.05, 0.1) is 10.4 Å². The number of nitrogens with two attached hydrogens (primary N) is 1. The Labute approximate surface area is 133 Å². The number of pyridine rings is 1. The van der Waals surface area contributed by atoms with Crippen molar-refractivity contribution in [1.29, 1.82) is 0 Å². The molecule has 3 rings (SSSR count). The van der Waals surface area contributed by atoms with E-state index in [4.69, 9.17) is 16.7 Å². The van der Waals surface area contributed by atoms with Crippen LogP contribution in [0.5, 0.6) is 0 Å². The maximum atomic E-state index is 11.7. The summed E-state index contributed by atoms with van der Waals surface area (Å²) in [5.74, 6) is 0. The van der Waals surface area contributed by atoms with Gasteiger partial charge < -0.3 is 0 Å². The Balaban J connectivity index is 2.09. The summed E-state index contributed by atoms with van der Waals surface area (Å²) in [6.07, 6.45) is 2.12. The standard InChI is InChI=1S/C16H13ClN2O2S/c17-14-4-1-5-16(22(18,20)21)13(14)10-11-6-7-15-12(9-11)3-2-8-19-15/h1-9H,10H2,(H2,18,20,21). The molecule has 0 spiro atoms. The molecule has 1 aromatic heterocycles. The van der Waals surface area contributed by atoms with Gasteiger partial charge in [0, 0.05) is 23.0 Å². The second-order valence-electron chi connectivity index (χ2n) is 4.97. The summed E-state index contributed by atoms with van der Waals surface area (Å²) in [6.45, 7) is 0. The van der Waals surface area contributed by atoms with Crippen LogP contribution in [0.4, 0.5) is 0 Å². The van der Waals surface area contributed by atoms with Crippen molar-refractivity contribution >= 4 is 32.5 Å². The highest BCUT2D eigenvalue weighted by molar-refractivity contribution is 7.89. The SMILES string of the molecule is NS(=O)(=O)c1cccc(Cl)c1Cc1ccc2ncccc2c1. The van der Waals surface area contributed by atoms with Crippen LogP contribution in [-0.4, -0.2) is 13.4 Å². The highest BCUT2D eigenvalue weighted by Gasteiger charge is 2.16. The van der Waals surface area contributed by atoms with Gasteiger partial charge >= 0.3 is 0 Å². The van der Waals surface area contributed by atoms with Crippen LogP contribution in [0, 0.1) is 0 Å². The quantitative estimate of drug-likeness (QED) is 0.800. The fraction of sp³-hybridized carbons (Fsp3) is 0.0625. The van der Waals surface area contributed by atoms with Crippen LogP contribution < -0.4 is 5.14 Å². The van der Waals surface area contributed by atoms with Gasteiger partial charge in [-0.25, -0.2) is 13.6 Å². The molecule has 0 unspecified atom stereocenters. The summed E-state index contributed by atoms with van der Waals surface area (Å²) >= 11 is 6.17. The van der Waals surface area contributed by atoms with Crippen molar-refractivity contribution in [3.8, 4) is 0 Å². The summed E-state index contributed by atoms with van der Waals surface area (Å²) < 4.78 is 23.4. The van der Waals surface area contributed by atoms with E-state index in [0.717, 1.165) is 16.5 Å². The minimum Gasteiger partial charge on any atom is -0.256 e. The summed E-state index contributed by atoms with van der Waals surface area (Å²) in [5, 5.41) is 6.65.